The molecule has 1 saturated carbocycles. The minimum atomic E-state index is 0.353. The van der Waals surface area contributed by atoms with Gasteiger partial charge in [0.1, 0.15) is 0 Å². The smallest absolute Gasteiger partial charge is 0.0685 e. The van der Waals surface area contributed by atoms with Crippen LogP contribution in [0.5, 0.6) is 0 Å². The molecule has 92 valence electrons. The molecule has 2 saturated heterocycles. The lowest BCUT2D eigenvalue weighted by Crippen LogP contribution is -2.67. The third kappa shape index (κ3) is 1.72. The second-order valence-electron chi connectivity index (χ2n) is 6.10. The largest absolute Gasteiger partial charge is 0.377 e. The van der Waals surface area contributed by atoms with Gasteiger partial charge >= 0.3 is 0 Å². The average molecular weight is 241 g/mol. The minimum absolute atomic E-state index is 0.353. The number of nitrogens with one attached hydrogen (secondary N) is 1. The molecule has 2 heterocycles. The number of ether oxygens (including phenoxy) is 1. The van der Waals surface area contributed by atoms with Crippen LogP contribution in [0.4, 0.5) is 0 Å². The Balaban J connectivity index is 1.61. The van der Waals surface area contributed by atoms with E-state index in [2.05, 4.69) is 30.9 Å². The maximum Gasteiger partial charge on any atom is 0.0685 e. The maximum absolute atomic E-state index is 5.84. The molecule has 2 aliphatic heterocycles. The molecule has 3 atom stereocenters. The van der Waals surface area contributed by atoms with Crippen LogP contribution in [0.2, 0.25) is 0 Å². The van der Waals surface area contributed by atoms with E-state index in [-0.39, 0.29) is 0 Å². The van der Waals surface area contributed by atoms with E-state index in [0.29, 0.717) is 17.6 Å². The van der Waals surface area contributed by atoms with E-state index in [1.807, 2.05) is 0 Å². The third-order valence-corrected chi connectivity index (χ3v) is 5.79. The lowest BCUT2D eigenvalue weighted by molar-refractivity contribution is -0.115. The van der Waals surface area contributed by atoms with Crippen LogP contribution in [0.1, 0.15) is 33.1 Å². The molecule has 0 aromatic carbocycles. The highest BCUT2D eigenvalue weighted by Crippen LogP contribution is 2.52. The molecule has 3 heteroatoms. The van der Waals surface area contributed by atoms with Gasteiger partial charge in [-0.2, -0.15) is 11.8 Å². The van der Waals surface area contributed by atoms with E-state index in [1.165, 1.54) is 30.8 Å². The molecule has 3 rings (SSSR count). The molecule has 0 aromatic rings. The Morgan fingerprint density at radius 2 is 1.94 bits per heavy atom. The van der Waals surface area contributed by atoms with Crippen LogP contribution in [-0.4, -0.2) is 36.3 Å². The fraction of sp³-hybridized carbons (Fsp3) is 1.00. The van der Waals surface area contributed by atoms with Gasteiger partial charge in [0.25, 0.3) is 0 Å². The molecule has 0 bridgehead atoms. The van der Waals surface area contributed by atoms with Crippen molar-refractivity contribution in [3.05, 3.63) is 0 Å². The summed E-state index contributed by atoms with van der Waals surface area (Å²) in [7, 11) is 0. The zero-order valence-electron chi connectivity index (χ0n) is 10.4. The number of hydrogen-bond acceptors (Lipinski definition) is 3. The van der Waals surface area contributed by atoms with Gasteiger partial charge in [-0.05, 0) is 30.8 Å². The summed E-state index contributed by atoms with van der Waals surface area (Å²) < 4.78 is 5.84. The zero-order chi connectivity index (χ0) is 11.2. The van der Waals surface area contributed by atoms with Crippen LogP contribution in [0.15, 0.2) is 0 Å². The van der Waals surface area contributed by atoms with Crippen molar-refractivity contribution >= 4 is 11.8 Å². The van der Waals surface area contributed by atoms with Gasteiger partial charge in [-0.3, -0.25) is 0 Å². The Bertz CT molecular complexity index is 263. The van der Waals surface area contributed by atoms with Crippen LogP contribution < -0.4 is 5.32 Å². The monoisotopic (exact) mass is 241 g/mol. The summed E-state index contributed by atoms with van der Waals surface area (Å²) in [5.74, 6) is 3.48. The number of fused-ring (bicyclic) bond motifs is 1. The van der Waals surface area contributed by atoms with Crippen molar-refractivity contribution in [3.8, 4) is 0 Å². The summed E-state index contributed by atoms with van der Waals surface area (Å²) in [6.45, 7) is 5.72. The van der Waals surface area contributed by atoms with Crippen LogP contribution in [0.3, 0.4) is 0 Å². The first-order valence-corrected chi connectivity index (χ1v) is 7.80. The van der Waals surface area contributed by atoms with Gasteiger partial charge in [0.2, 0.25) is 0 Å². The molecule has 0 amide bonds. The van der Waals surface area contributed by atoms with E-state index in [0.717, 1.165) is 18.6 Å². The molecule has 0 radical (unpaired) electrons. The number of hydrogen-bond donors (Lipinski definition) is 1. The molecule has 16 heavy (non-hydrogen) atoms. The standard InChI is InChI=1S/C13H23NOS/c1-13(2)11(10-3-6-15-12(10)13)14-9-4-7-16-8-5-9/h9-12,14H,3-8H2,1-2H3. The first kappa shape index (κ1) is 11.4. The highest BCUT2D eigenvalue weighted by atomic mass is 32.2. The molecule has 3 aliphatic rings. The van der Waals surface area contributed by atoms with Crippen LogP contribution in [-0.2, 0) is 4.74 Å². The average Bonchev–Trinajstić information content (AvgIpc) is 2.74. The molecule has 1 N–H and O–H groups in total. The molecular weight excluding hydrogens is 218 g/mol. The van der Waals surface area contributed by atoms with E-state index in [9.17, 15) is 0 Å². The van der Waals surface area contributed by atoms with E-state index in [1.54, 1.807) is 0 Å². The van der Waals surface area contributed by atoms with Gasteiger partial charge < -0.3 is 10.1 Å². The predicted molar refractivity (Wildman–Crippen MR) is 68.9 cm³/mol. The zero-order valence-corrected chi connectivity index (χ0v) is 11.2. The first-order chi connectivity index (χ1) is 7.69. The highest BCUT2D eigenvalue weighted by molar-refractivity contribution is 7.99. The van der Waals surface area contributed by atoms with E-state index in [4.69, 9.17) is 4.74 Å². The van der Waals surface area contributed by atoms with E-state index >= 15 is 0 Å². The molecule has 2 nitrogen and oxygen atoms in total. The summed E-state index contributed by atoms with van der Waals surface area (Å²) in [6.07, 6.45) is 4.51. The summed E-state index contributed by atoms with van der Waals surface area (Å²) in [5.41, 5.74) is 0.353. The molecular formula is C13H23NOS. The number of rotatable bonds is 2. The lowest BCUT2D eigenvalue weighted by Gasteiger charge is -2.56. The van der Waals surface area contributed by atoms with Crippen molar-refractivity contribution in [3.63, 3.8) is 0 Å². The molecule has 0 aromatic heterocycles. The molecule has 3 unspecified atom stereocenters. The molecule has 1 aliphatic carbocycles. The normalized spacial score (nSPS) is 42.8. The van der Waals surface area contributed by atoms with Crippen molar-refractivity contribution in [2.75, 3.05) is 18.1 Å². The van der Waals surface area contributed by atoms with Gasteiger partial charge in [-0.1, -0.05) is 13.8 Å². The first-order valence-electron chi connectivity index (χ1n) is 6.65. The van der Waals surface area contributed by atoms with Gasteiger partial charge in [0.15, 0.2) is 0 Å². The van der Waals surface area contributed by atoms with Crippen molar-refractivity contribution in [2.24, 2.45) is 11.3 Å². The Kier molecular flexibility index (Phi) is 2.97. The lowest BCUT2D eigenvalue weighted by atomic mass is 9.57. The maximum atomic E-state index is 5.84. The fourth-order valence-corrected chi connectivity index (χ4v) is 4.89. The second kappa shape index (κ2) is 4.18. The van der Waals surface area contributed by atoms with Gasteiger partial charge in [0, 0.05) is 30.0 Å². The van der Waals surface area contributed by atoms with Gasteiger partial charge in [-0.25, -0.2) is 0 Å². The predicted octanol–water partition coefficient (Wildman–Crippen LogP) is 2.29. The minimum Gasteiger partial charge on any atom is -0.377 e. The van der Waals surface area contributed by atoms with Crippen molar-refractivity contribution in [1.29, 1.82) is 0 Å². The number of thioether (sulfide) groups is 1. The molecule has 3 fully saturated rings. The van der Waals surface area contributed by atoms with Gasteiger partial charge in [0.05, 0.1) is 6.10 Å². The Labute approximate surface area is 103 Å². The SMILES string of the molecule is CC1(C)C(NC2CCSCC2)C2CCOC21. The molecule has 0 spiro atoms. The van der Waals surface area contributed by atoms with Crippen molar-refractivity contribution < 1.29 is 4.74 Å². The summed E-state index contributed by atoms with van der Waals surface area (Å²) in [6, 6.07) is 1.47. The van der Waals surface area contributed by atoms with Crippen molar-refractivity contribution in [1.82, 2.24) is 5.32 Å². The Morgan fingerprint density at radius 1 is 1.19 bits per heavy atom. The summed E-state index contributed by atoms with van der Waals surface area (Å²) in [5, 5.41) is 3.92. The van der Waals surface area contributed by atoms with Crippen LogP contribution in [0.25, 0.3) is 0 Å². The van der Waals surface area contributed by atoms with Crippen molar-refractivity contribution in [2.45, 2.75) is 51.3 Å². The highest BCUT2D eigenvalue weighted by Gasteiger charge is 2.59. The van der Waals surface area contributed by atoms with E-state index < -0.39 is 0 Å². The summed E-state index contributed by atoms with van der Waals surface area (Å²) >= 11 is 2.11. The van der Waals surface area contributed by atoms with Crippen LogP contribution in [0, 0.1) is 11.3 Å². The Morgan fingerprint density at radius 3 is 2.69 bits per heavy atom. The fourth-order valence-electron chi connectivity index (χ4n) is 3.78. The summed E-state index contributed by atoms with van der Waals surface area (Å²) in [4.78, 5) is 0. The third-order valence-electron chi connectivity index (χ3n) is 4.74. The van der Waals surface area contributed by atoms with Gasteiger partial charge in [-0.15, -0.1) is 0 Å². The Hall–Kier alpha value is 0.270. The topological polar surface area (TPSA) is 21.3 Å². The van der Waals surface area contributed by atoms with Crippen LogP contribution >= 0.6 is 11.8 Å². The second-order valence-corrected chi connectivity index (χ2v) is 7.32. The quantitative estimate of drug-likeness (QED) is 0.801.